The van der Waals surface area contributed by atoms with E-state index in [2.05, 4.69) is 33.0 Å². The summed E-state index contributed by atoms with van der Waals surface area (Å²) in [6.45, 7) is 2.71. The van der Waals surface area contributed by atoms with Crippen molar-refractivity contribution in [2.45, 2.75) is 57.1 Å². The molecule has 9 heteroatoms. The van der Waals surface area contributed by atoms with Gasteiger partial charge in [-0.15, -0.1) is 0 Å². The molecular weight excluding hydrogens is 432 g/mol. The first-order chi connectivity index (χ1) is 16.6. The number of carbonyl (C=O) groups is 1. The van der Waals surface area contributed by atoms with Crippen molar-refractivity contribution in [3.8, 4) is 6.07 Å². The Morgan fingerprint density at radius 2 is 2.15 bits per heavy atom. The van der Waals surface area contributed by atoms with Crippen molar-refractivity contribution in [1.82, 2.24) is 19.7 Å². The van der Waals surface area contributed by atoms with Crippen molar-refractivity contribution >= 4 is 33.7 Å². The molecule has 1 aliphatic heterocycles. The first-order valence-corrected chi connectivity index (χ1v) is 11.7. The summed E-state index contributed by atoms with van der Waals surface area (Å²) in [5, 5.41) is 17.2. The smallest absolute Gasteiger partial charge is 0.233 e. The van der Waals surface area contributed by atoms with Gasteiger partial charge in [0, 0.05) is 30.0 Å². The van der Waals surface area contributed by atoms with Crippen molar-refractivity contribution in [3.05, 3.63) is 47.6 Å². The number of pyridine rings is 1. The van der Waals surface area contributed by atoms with Gasteiger partial charge >= 0.3 is 0 Å². The normalized spacial score (nSPS) is 20.5. The standard InChI is InChI=1S/C25H24N6O3/c1-14-8-17(6-7-33-14)31-23(11-24(32)29-22-10-21(34-30-22)16-3-4-16)28-20-13-27-19-5-2-15(12-26)9-18(19)25(20)31/h2,5,9-10,13-14,16-17H,3-4,6-8,11H2,1H3,(H,29,30,32)/t14-,17-/m1/s1. The third kappa shape index (κ3) is 3.80. The molecule has 0 radical (unpaired) electrons. The molecule has 172 valence electrons. The lowest BCUT2D eigenvalue weighted by Gasteiger charge is -2.30. The topological polar surface area (TPSA) is 119 Å². The van der Waals surface area contributed by atoms with Gasteiger partial charge in [0.25, 0.3) is 0 Å². The van der Waals surface area contributed by atoms with Crippen molar-refractivity contribution < 1.29 is 14.1 Å². The highest BCUT2D eigenvalue weighted by Gasteiger charge is 2.29. The van der Waals surface area contributed by atoms with E-state index in [0.29, 0.717) is 35.2 Å². The lowest BCUT2D eigenvalue weighted by Crippen LogP contribution is -2.27. The van der Waals surface area contributed by atoms with E-state index in [-0.39, 0.29) is 24.5 Å². The number of fused-ring (bicyclic) bond motifs is 3. The average Bonchev–Trinajstić information content (AvgIpc) is 3.47. The number of hydrogen-bond donors (Lipinski definition) is 1. The third-order valence-corrected chi connectivity index (χ3v) is 6.63. The van der Waals surface area contributed by atoms with Gasteiger partial charge in [0.2, 0.25) is 5.91 Å². The van der Waals surface area contributed by atoms with E-state index < -0.39 is 0 Å². The fraction of sp³-hybridized carbons (Fsp3) is 0.400. The van der Waals surface area contributed by atoms with E-state index in [4.69, 9.17) is 14.2 Å². The van der Waals surface area contributed by atoms with Crippen molar-refractivity contribution in [1.29, 1.82) is 5.26 Å². The molecule has 0 unspecified atom stereocenters. The number of hydrogen-bond acceptors (Lipinski definition) is 7. The second-order valence-corrected chi connectivity index (χ2v) is 9.21. The second-order valence-electron chi connectivity index (χ2n) is 9.21. The highest BCUT2D eigenvalue weighted by Crippen LogP contribution is 2.40. The summed E-state index contributed by atoms with van der Waals surface area (Å²) in [7, 11) is 0. The number of amides is 1. The molecule has 1 aliphatic carbocycles. The predicted octanol–water partition coefficient (Wildman–Crippen LogP) is 4.24. The largest absolute Gasteiger partial charge is 0.378 e. The number of nitrogens with zero attached hydrogens (tertiary/aromatic N) is 5. The summed E-state index contributed by atoms with van der Waals surface area (Å²) >= 11 is 0. The van der Waals surface area contributed by atoms with Gasteiger partial charge in [-0.05, 0) is 50.8 Å². The maximum atomic E-state index is 13.0. The first kappa shape index (κ1) is 20.8. The van der Waals surface area contributed by atoms with Crippen LogP contribution in [0.25, 0.3) is 21.9 Å². The fourth-order valence-electron chi connectivity index (χ4n) is 4.86. The summed E-state index contributed by atoms with van der Waals surface area (Å²) in [6.07, 6.45) is 5.78. The Morgan fingerprint density at radius 3 is 2.94 bits per heavy atom. The summed E-state index contributed by atoms with van der Waals surface area (Å²) in [5.41, 5.74) is 2.97. The van der Waals surface area contributed by atoms with E-state index in [1.54, 1.807) is 18.3 Å². The molecule has 2 atom stereocenters. The molecule has 4 heterocycles. The summed E-state index contributed by atoms with van der Waals surface area (Å²) in [5.74, 6) is 2.14. The Morgan fingerprint density at radius 1 is 1.26 bits per heavy atom. The highest BCUT2D eigenvalue weighted by atomic mass is 16.5. The molecule has 1 amide bonds. The van der Waals surface area contributed by atoms with Crippen LogP contribution in [-0.4, -0.2) is 38.3 Å². The lowest BCUT2D eigenvalue weighted by atomic mass is 10.0. The van der Waals surface area contributed by atoms with Gasteiger partial charge in [-0.1, -0.05) is 5.16 Å². The van der Waals surface area contributed by atoms with Crippen LogP contribution in [0, 0.1) is 11.3 Å². The number of nitriles is 1. The number of ether oxygens (including phenoxy) is 1. The zero-order valence-electron chi connectivity index (χ0n) is 18.8. The Kier molecular flexibility index (Phi) is 5.03. The van der Waals surface area contributed by atoms with Crippen LogP contribution in [0.2, 0.25) is 0 Å². The molecule has 1 aromatic carbocycles. The van der Waals surface area contributed by atoms with Crippen molar-refractivity contribution in [2.75, 3.05) is 11.9 Å². The van der Waals surface area contributed by atoms with Gasteiger partial charge in [0.05, 0.1) is 41.4 Å². The Bertz CT molecular complexity index is 1440. The van der Waals surface area contributed by atoms with Gasteiger partial charge in [-0.2, -0.15) is 5.26 Å². The van der Waals surface area contributed by atoms with Crippen LogP contribution < -0.4 is 5.32 Å². The van der Waals surface area contributed by atoms with E-state index in [1.165, 1.54) is 0 Å². The molecule has 2 fully saturated rings. The van der Waals surface area contributed by atoms with Crippen LogP contribution >= 0.6 is 0 Å². The van der Waals surface area contributed by atoms with Crippen LogP contribution in [0.5, 0.6) is 0 Å². The molecule has 1 saturated carbocycles. The van der Waals surface area contributed by atoms with Gasteiger partial charge < -0.3 is 19.1 Å². The molecule has 1 N–H and O–H groups in total. The molecule has 34 heavy (non-hydrogen) atoms. The summed E-state index contributed by atoms with van der Waals surface area (Å²) in [4.78, 5) is 22.3. The van der Waals surface area contributed by atoms with Crippen LogP contribution in [0.4, 0.5) is 5.82 Å². The zero-order valence-corrected chi connectivity index (χ0v) is 18.8. The molecule has 0 spiro atoms. The molecule has 4 aromatic rings. The first-order valence-electron chi connectivity index (χ1n) is 11.7. The van der Waals surface area contributed by atoms with E-state index in [1.807, 2.05) is 12.1 Å². The van der Waals surface area contributed by atoms with Gasteiger partial charge in [-0.3, -0.25) is 9.78 Å². The van der Waals surface area contributed by atoms with E-state index >= 15 is 0 Å². The van der Waals surface area contributed by atoms with Crippen LogP contribution in [-0.2, 0) is 16.0 Å². The monoisotopic (exact) mass is 456 g/mol. The maximum absolute atomic E-state index is 13.0. The fourth-order valence-corrected chi connectivity index (χ4v) is 4.86. The van der Waals surface area contributed by atoms with Gasteiger partial charge in [0.1, 0.15) is 17.1 Å². The second kappa shape index (κ2) is 8.22. The lowest BCUT2D eigenvalue weighted by molar-refractivity contribution is -0.115. The van der Waals surface area contributed by atoms with Gasteiger partial charge in [-0.25, -0.2) is 4.98 Å². The summed E-state index contributed by atoms with van der Waals surface area (Å²) < 4.78 is 13.3. The molecule has 0 bridgehead atoms. The van der Waals surface area contributed by atoms with Crippen LogP contribution in [0.1, 0.15) is 61.7 Å². The van der Waals surface area contributed by atoms with Crippen LogP contribution in [0.15, 0.2) is 35.0 Å². The minimum absolute atomic E-state index is 0.0888. The summed E-state index contributed by atoms with van der Waals surface area (Å²) in [6, 6.07) is 9.61. The number of benzene rings is 1. The highest BCUT2D eigenvalue weighted by molar-refractivity contribution is 6.03. The maximum Gasteiger partial charge on any atom is 0.233 e. The van der Waals surface area contributed by atoms with Gasteiger partial charge in [0.15, 0.2) is 5.82 Å². The molecule has 9 nitrogen and oxygen atoms in total. The zero-order chi connectivity index (χ0) is 23.2. The number of nitrogens with one attached hydrogen (secondary N) is 1. The van der Waals surface area contributed by atoms with E-state index in [9.17, 15) is 10.1 Å². The predicted molar refractivity (Wildman–Crippen MR) is 124 cm³/mol. The minimum Gasteiger partial charge on any atom is -0.378 e. The molecular formula is C25H24N6O3. The van der Waals surface area contributed by atoms with Crippen molar-refractivity contribution in [2.24, 2.45) is 0 Å². The minimum atomic E-state index is -0.206. The van der Waals surface area contributed by atoms with E-state index in [0.717, 1.165) is 47.9 Å². The molecule has 2 aliphatic rings. The number of carbonyl (C=O) groups excluding carboxylic acids is 1. The quantitative estimate of drug-likeness (QED) is 0.477. The molecule has 3 aromatic heterocycles. The number of rotatable bonds is 5. The number of imidazole rings is 1. The SMILES string of the molecule is C[C@@H]1C[C@H](n2c(CC(=O)Nc3cc(C4CC4)on3)nc3cnc4ccc(C#N)cc4c32)CCO1. The Balaban J connectivity index is 1.40. The Hall–Kier alpha value is -3.77. The third-order valence-electron chi connectivity index (χ3n) is 6.63. The number of aromatic nitrogens is 4. The van der Waals surface area contributed by atoms with Crippen molar-refractivity contribution in [3.63, 3.8) is 0 Å². The molecule has 1 saturated heterocycles. The van der Waals surface area contributed by atoms with Crippen LogP contribution in [0.3, 0.4) is 0 Å². The Labute approximate surface area is 195 Å². The molecule has 6 rings (SSSR count). The number of anilines is 1. The average molecular weight is 457 g/mol.